The minimum atomic E-state index is 0.248. The van der Waals surface area contributed by atoms with Crippen LogP contribution in [0.25, 0.3) is 10.1 Å². The van der Waals surface area contributed by atoms with Gasteiger partial charge in [0.25, 0.3) is 0 Å². The van der Waals surface area contributed by atoms with Gasteiger partial charge in [-0.3, -0.25) is 4.90 Å². The molecule has 0 radical (unpaired) electrons. The molecule has 2 unspecified atom stereocenters. The van der Waals surface area contributed by atoms with Crippen LogP contribution in [-0.2, 0) is 0 Å². The summed E-state index contributed by atoms with van der Waals surface area (Å²) in [6.07, 6.45) is 0. The van der Waals surface area contributed by atoms with Crippen molar-refractivity contribution in [3.63, 3.8) is 0 Å². The summed E-state index contributed by atoms with van der Waals surface area (Å²) in [5.74, 6) is 0. The maximum atomic E-state index is 6.11. The van der Waals surface area contributed by atoms with Crippen molar-refractivity contribution in [1.82, 2.24) is 4.90 Å². The van der Waals surface area contributed by atoms with Crippen molar-refractivity contribution in [2.45, 2.75) is 19.0 Å². The van der Waals surface area contributed by atoms with E-state index in [-0.39, 0.29) is 6.04 Å². The van der Waals surface area contributed by atoms with Crippen molar-refractivity contribution >= 4 is 32.8 Å². The Bertz CT molecular complexity index is 702. The molecule has 110 valence electrons. The lowest BCUT2D eigenvalue weighted by Gasteiger charge is -2.32. The van der Waals surface area contributed by atoms with Gasteiger partial charge in [0.2, 0.25) is 0 Å². The first-order valence-corrected chi connectivity index (χ1v) is 8.90. The summed E-state index contributed by atoms with van der Waals surface area (Å²) in [5, 5.41) is 5.74. The molecule has 2 heterocycles. The Kier molecular flexibility index (Phi) is 4.40. The molecule has 0 bridgehead atoms. The van der Waals surface area contributed by atoms with Crippen LogP contribution < -0.4 is 5.73 Å². The van der Waals surface area contributed by atoms with E-state index in [4.69, 9.17) is 5.73 Å². The van der Waals surface area contributed by atoms with Gasteiger partial charge >= 0.3 is 0 Å². The van der Waals surface area contributed by atoms with E-state index in [9.17, 15) is 0 Å². The predicted molar refractivity (Wildman–Crippen MR) is 94.1 cm³/mol. The minimum absolute atomic E-state index is 0.248. The van der Waals surface area contributed by atoms with Crippen molar-refractivity contribution in [2.24, 2.45) is 5.73 Å². The van der Waals surface area contributed by atoms with Crippen molar-refractivity contribution in [3.05, 3.63) is 57.6 Å². The molecule has 0 aliphatic carbocycles. The van der Waals surface area contributed by atoms with E-state index >= 15 is 0 Å². The highest BCUT2D eigenvalue weighted by Gasteiger charge is 2.24. The molecular weight excluding hydrogens is 296 g/mol. The van der Waals surface area contributed by atoms with Gasteiger partial charge in [-0.15, -0.1) is 22.7 Å². The summed E-state index contributed by atoms with van der Waals surface area (Å²) in [4.78, 5) is 3.77. The van der Waals surface area contributed by atoms with Crippen LogP contribution >= 0.6 is 22.7 Å². The summed E-state index contributed by atoms with van der Waals surface area (Å²) in [6.45, 7) is 2.88. The Morgan fingerprint density at radius 1 is 1.14 bits per heavy atom. The number of hydrogen-bond donors (Lipinski definition) is 1. The Hall–Kier alpha value is -1.20. The molecule has 1 aromatic carbocycles. The van der Waals surface area contributed by atoms with Gasteiger partial charge < -0.3 is 5.73 Å². The minimum Gasteiger partial charge on any atom is -0.329 e. The number of rotatable bonds is 5. The third kappa shape index (κ3) is 2.77. The van der Waals surface area contributed by atoms with Gasteiger partial charge in [-0.05, 0) is 47.8 Å². The number of hydrogen-bond acceptors (Lipinski definition) is 4. The van der Waals surface area contributed by atoms with E-state index in [1.165, 1.54) is 20.5 Å². The maximum absolute atomic E-state index is 6.11. The average molecular weight is 316 g/mol. The second-order valence-electron chi connectivity index (χ2n) is 5.30. The second kappa shape index (κ2) is 6.28. The molecule has 4 heteroatoms. The van der Waals surface area contributed by atoms with Gasteiger partial charge in [-0.2, -0.15) is 0 Å². The first kappa shape index (κ1) is 14.7. The highest BCUT2D eigenvalue weighted by atomic mass is 32.1. The van der Waals surface area contributed by atoms with Crippen molar-refractivity contribution in [1.29, 1.82) is 0 Å². The topological polar surface area (TPSA) is 29.3 Å². The molecule has 3 aromatic rings. The van der Waals surface area contributed by atoms with E-state index in [2.05, 4.69) is 66.0 Å². The average Bonchev–Trinajstić information content (AvgIpc) is 3.17. The van der Waals surface area contributed by atoms with E-state index in [0.29, 0.717) is 12.6 Å². The monoisotopic (exact) mass is 316 g/mol. The van der Waals surface area contributed by atoms with Crippen LogP contribution in [0.15, 0.2) is 47.2 Å². The first-order valence-electron chi connectivity index (χ1n) is 7.14. The largest absolute Gasteiger partial charge is 0.329 e. The van der Waals surface area contributed by atoms with Gasteiger partial charge in [-0.1, -0.05) is 24.3 Å². The fourth-order valence-corrected chi connectivity index (χ4v) is 4.61. The molecular formula is C17H20N2S2. The van der Waals surface area contributed by atoms with Crippen molar-refractivity contribution in [3.8, 4) is 0 Å². The van der Waals surface area contributed by atoms with Gasteiger partial charge in [0.05, 0.1) is 0 Å². The molecule has 2 atom stereocenters. The highest BCUT2D eigenvalue weighted by Crippen LogP contribution is 2.36. The molecule has 0 aliphatic heterocycles. The number of nitrogens with two attached hydrogens (primary N) is 1. The molecule has 0 spiro atoms. The van der Waals surface area contributed by atoms with Crippen LogP contribution in [0.5, 0.6) is 0 Å². The van der Waals surface area contributed by atoms with E-state index in [1.54, 1.807) is 11.3 Å². The third-order valence-corrected chi connectivity index (χ3v) is 6.17. The highest BCUT2D eigenvalue weighted by molar-refractivity contribution is 7.17. The smallest absolute Gasteiger partial charge is 0.0488 e. The van der Waals surface area contributed by atoms with Crippen LogP contribution in [0.2, 0.25) is 0 Å². The standard InChI is InChI=1S/C17H20N2S2/c1-12(16-8-5-9-20-16)19(2)15(10-18)14-11-21-17-7-4-3-6-13(14)17/h3-9,11-12,15H,10,18H2,1-2H3. The Balaban J connectivity index is 1.94. The third-order valence-electron chi connectivity index (χ3n) is 4.15. The predicted octanol–water partition coefficient (Wildman–Crippen LogP) is 4.66. The molecule has 0 saturated carbocycles. The van der Waals surface area contributed by atoms with Crippen LogP contribution in [-0.4, -0.2) is 18.5 Å². The summed E-state index contributed by atoms with van der Waals surface area (Å²) in [5.41, 5.74) is 7.46. The lowest BCUT2D eigenvalue weighted by Crippen LogP contribution is -2.32. The molecule has 0 fully saturated rings. The lowest BCUT2D eigenvalue weighted by molar-refractivity contribution is 0.194. The van der Waals surface area contributed by atoms with Crippen LogP contribution in [0.4, 0.5) is 0 Å². The second-order valence-corrected chi connectivity index (χ2v) is 7.19. The fraction of sp³-hybridized carbons (Fsp3) is 0.294. The Morgan fingerprint density at radius 3 is 2.67 bits per heavy atom. The molecule has 0 saturated heterocycles. The maximum Gasteiger partial charge on any atom is 0.0488 e. The SMILES string of the molecule is CC(c1cccs1)N(C)C(CN)c1csc2ccccc12. The molecule has 2 aromatic heterocycles. The van der Waals surface area contributed by atoms with Gasteiger partial charge in [0.15, 0.2) is 0 Å². The van der Waals surface area contributed by atoms with Gasteiger partial charge in [0.1, 0.15) is 0 Å². The molecule has 2 N–H and O–H groups in total. The Morgan fingerprint density at radius 2 is 1.95 bits per heavy atom. The number of benzene rings is 1. The number of nitrogens with zero attached hydrogens (tertiary/aromatic N) is 1. The van der Waals surface area contributed by atoms with Crippen LogP contribution in [0.1, 0.15) is 29.4 Å². The van der Waals surface area contributed by atoms with Crippen molar-refractivity contribution in [2.75, 3.05) is 13.6 Å². The molecule has 21 heavy (non-hydrogen) atoms. The zero-order chi connectivity index (χ0) is 14.8. The van der Waals surface area contributed by atoms with Gasteiger partial charge in [-0.25, -0.2) is 0 Å². The van der Waals surface area contributed by atoms with Crippen molar-refractivity contribution < 1.29 is 0 Å². The summed E-state index contributed by atoms with van der Waals surface area (Å²) in [6, 6.07) is 13.5. The number of fused-ring (bicyclic) bond motifs is 1. The Labute approximate surface area is 133 Å². The molecule has 0 aliphatic rings. The number of thiophene rings is 2. The molecule has 3 rings (SSSR count). The number of likely N-dealkylation sites (N-methyl/N-ethyl adjacent to an activating group) is 1. The summed E-state index contributed by atoms with van der Waals surface area (Å²) >= 11 is 3.61. The summed E-state index contributed by atoms with van der Waals surface area (Å²) in [7, 11) is 2.17. The summed E-state index contributed by atoms with van der Waals surface area (Å²) < 4.78 is 1.34. The molecule has 2 nitrogen and oxygen atoms in total. The van der Waals surface area contributed by atoms with E-state index < -0.39 is 0 Å². The fourth-order valence-electron chi connectivity index (χ4n) is 2.77. The van der Waals surface area contributed by atoms with E-state index in [0.717, 1.165) is 0 Å². The lowest BCUT2D eigenvalue weighted by atomic mass is 10.0. The zero-order valence-corrected chi connectivity index (χ0v) is 14.0. The van der Waals surface area contributed by atoms with Crippen LogP contribution in [0.3, 0.4) is 0 Å². The zero-order valence-electron chi connectivity index (χ0n) is 12.3. The van der Waals surface area contributed by atoms with E-state index in [1.807, 2.05) is 11.3 Å². The first-order chi connectivity index (χ1) is 10.2. The normalized spacial score (nSPS) is 14.7. The molecule has 0 amide bonds. The van der Waals surface area contributed by atoms with Gasteiger partial charge in [0, 0.05) is 28.2 Å². The van der Waals surface area contributed by atoms with Crippen LogP contribution in [0, 0.1) is 0 Å². The quantitative estimate of drug-likeness (QED) is 0.742.